The van der Waals surface area contributed by atoms with Crippen LogP contribution in [0.3, 0.4) is 0 Å². The Balaban J connectivity index is 2.12. The third-order valence-electron chi connectivity index (χ3n) is 3.05. The van der Waals surface area contributed by atoms with E-state index in [2.05, 4.69) is 10.6 Å². The predicted molar refractivity (Wildman–Crippen MR) is 80.2 cm³/mol. The minimum Gasteiger partial charge on any atom is -0.479 e. The van der Waals surface area contributed by atoms with E-state index in [1.165, 1.54) is 0 Å². The lowest BCUT2D eigenvalue weighted by Gasteiger charge is -2.17. The molecule has 5 heteroatoms. The van der Waals surface area contributed by atoms with E-state index >= 15 is 0 Å². The number of aliphatic carboxylic acids is 1. The molecular formula is C16H16N2O3. The van der Waals surface area contributed by atoms with Crippen LogP contribution in [-0.4, -0.2) is 17.1 Å². The van der Waals surface area contributed by atoms with Crippen molar-refractivity contribution < 1.29 is 14.7 Å². The first-order valence-corrected chi connectivity index (χ1v) is 6.49. The molecule has 0 saturated carbocycles. The van der Waals surface area contributed by atoms with Crippen LogP contribution in [-0.2, 0) is 4.79 Å². The molecule has 5 nitrogen and oxygen atoms in total. The molecule has 1 atom stereocenters. The minimum atomic E-state index is -1.10. The second-order valence-electron chi connectivity index (χ2n) is 4.59. The van der Waals surface area contributed by atoms with Gasteiger partial charge in [0.25, 0.3) is 0 Å². The normalized spacial score (nSPS) is 11.5. The van der Waals surface area contributed by atoms with Gasteiger partial charge in [0.2, 0.25) is 0 Å². The zero-order valence-electron chi connectivity index (χ0n) is 11.5. The first kappa shape index (κ1) is 14.6. The van der Waals surface area contributed by atoms with Crippen LogP contribution >= 0.6 is 0 Å². The van der Waals surface area contributed by atoms with E-state index in [4.69, 9.17) is 0 Å². The molecule has 0 spiro atoms. The van der Waals surface area contributed by atoms with Crippen molar-refractivity contribution in [1.82, 2.24) is 5.32 Å². The number of carboxylic acids is 1. The zero-order valence-corrected chi connectivity index (χ0v) is 11.5. The van der Waals surface area contributed by atoms with Crippen molar-refractivity contribution in [2.75, 3.05) is 5.32 Å². The van der Waals surface area contributed by atoms with Crippen LogP contribution in [0.25, 0.3) is 0 Å². The first-order chi connectivity index (χ1) is 10.1. The largest absolute Gasteiger partial charge is 0.479 e. The summed E-state index contributed by atoms with van der Waals surface area (Å²) in [4.78, 5) is 23.3. The monoisotopic (exact) mass is 284 g/mol. The Hall–Kier alpha value is -2.82. The first-order valence-electron chi connectivity index (χ1n) is 6.49. The number of hydrogen-bond acceptors (Lipinski definition) is 2. The third-order valence-corrected chi connectivity index (χ3v) is 3.05. The maximum Gasteiger partial charge on any atom is 0.330 e. The van der Waals surface area contributed by atoms with E-state index in [0.717, 1.165) is 5.56 Å². The fourth-order valence-corrected chi connectivity index (χ4v) is 2.00. The Labute approximate surface area is 122 Å². The van der Waals surface area contributed by atoms with Gasteiger partial charge in [-0.3, -0.25) is 0 Å². The molecular weight excluding hydrogens is 268 g/mol. The van der Waals surface area contributed by atoms with Crippen molar-refractivity contribution in [2.45, 2.75) is 13.0 Å². The molecule has 2 amide bonds. The van der Waals surface area contributed by atoms with Crippen LogP contribution in [0.4, 0.5) is 10.5 Å². The SMILES string of the molecule is Cc1ccccc1C(NC(=O)Nc1ccccc1)C(=O)O. The minimum absolute atomic E-state index is 0.558. The maximum absolute atomic E-state index is 11.9. The molecule has 0 saturated heterocycles. The van der Waals surface area contributed by atoms with Gasteiger partial charge < -0.3 is 15.7 Å². The molecule has 2 rings (SSSR count). The summed E-state index contributed by atoms with van der Waals surface area (Å²) in [5, 5.41) is 14.4. The number of carbonyl (C=O) groups is 2. The van der Waals surface area contributed by atoms with Crippen molar-refractivity contribution in [3.05, 3.63) is 65.7 Å². The van der Waals surface area contributed by atoms with Crippen LogP contribution in [0.2, 0.25) is 0 Å². The summed E-state index contributed by atoms with van der Waals surface area (Å²) in [6, 6.07) is 14.3. The van der Waals surface area contributed by atoms with E-state index in [-0.39, 0.29) is 0 Å². The lowest BCUT2D eigenvalue weighted by atomic mass is 10.0. The lowest BCUT2D eigenvalue weighted by molar-refractivity contribution is -0.139. The summed E-state index contributed by atoms with van der Waals surface area (Å²) in [6.07, 6.45) is 0. The Morgan fingerprint density at radius 2 is 1.62 bits per heavy atom. The molecule has 3 N–H and O–H groups in total. The van der Waals surface area contributed by atoms with Crippen LogP contribution in [0.15, 0.2) is 54.6 Å². The van der Waals surface area contributed by atoms with E-state index < -0.39 is 18.0 Å². The molecule has 0 aliphatic carbocycles. The molecule has 0 aromatic heterocycles. The lowest BCUT2D eigenvalue weighted by Crippen LogP contribution is -2.37. The summed E-state index contributed by atoms with van der Waals surface area (Å²) < 4.78 is 0. The zero-order chi connectivity index (χ0) is 15.2. The molecule has 2 aromatic rings. The smallest absolute Gasteiger partial charge is 0.330 e. The van der Waals surface area contributed by atoms with Gasteiger partial charge in [0, 0.05) is 5.69 Å². The van der Waals surface area contributed by atoms with Crippen molar-refractivity contribution in [1.29, 1.82) is 0 Å². The molecule has 0 aliphatic heterocycles. The fraction of sp³-hybridized carbons (Fsp3) is 0.125. The van der Waals surface area contributed by atoms with Crippen LogP contribution in [0.1, 0.15) is 17.2 Å². The standard InChI is InChI=1S/C16H16N2O3/c1-11-7-5-6-10-13(11)14(15(19)20)18-16(21)17-12-8-3-2-4-9-12/h2-10,14H,1H3,(H,19,20)(H2,17,18,21). The van der Waals surface area contributed by atoms with Crippen molar-refractivity contribution in [3.63, 3.8) is 0 Å². The van der Waals surface area contributed by atoms with E-state index in [9.17, 15) is 14.7 Å². The molecule has 0 heterocycles. The molecule has 0 radical (unpaired) electrons. The van der Waals surface area contributed by atoms with Gasteiger partial charge in [-0.25, -0.2) is 9.59 Å². The van der Waals surface area contributed by atoms with E-state index in [1.807, 2.05) is 25.1 Å². The Morgan fingerprint density at radius 3 is 2.24 bits per heavy atom. The molecule has 0 fully saturated rings. The number of para-hydroxylation sites is 1. The highest BCUT2D eigenvalue weighted by atomic mass is 16.4. The van der Waals surface area contributed by atoms with Gasteiger partial charge >= 0.3 is 12.0 Å². The van der Waals surface area contributed by atoms with Gasteiger partial charge in [-0.2, -0.15) is 0 Å². The Kier molecular flexibility index (Phi) is 4.56. The number of hydrogen-bond donors (Lipinski definition) is 3. The highest BCUT2D eigenvalue weighted by Gasteiger charge is 2.23. The van der Waals surface area contributed by atoms with Crippen LogP contribution in [0, 0.1) is 6.92 Å². The molecule has 0 bridgehead atoms. The molecule has 1 unspecified atom stereocenters. The number of rotatable bonds is 4. The van der Waals surface area contributed by atoms with E-state index in [1.54, 1.807) is 36.4 Å². The molecule has 0 aliphatic rings. The molecule has 108 valence electrons. The number of carboxylic acid groups (broad SMARTS) is 1. The fourth-order valence-electron chi connectivity index (χ4n) is 2.00. The molecule has 21 heavy (non-hydrogen) atoms. The quantitative estimate of drug-likeness (QED) is 0.807. The number of urea groups is 1. The number of benzene rings is 2. The second kappa shape index (κ2) is 6.56. The van der Waals surface area contributed by atoms with Crippen molar-refractivity contribution in [2.24, 2.45) is 0 Å². The van der Waals surface area contributed by atoms with Gasteiger partial charge in [-0.15, -0.1) is 0 Å². The number of amides is 2. The van der Waals surface area contributed by atoms with Crippen LogP contribution in [0.5, 0.6) is 0 Å². The highest BCUT2D eigenvalue weighted by molar-refractivity contribution is 5.92. The average Bonchev–Trinajstić information content (AvgIpc) is 2.46. The topological polar surface area (TPSA) is 78.4 Å². The van der Waals surface area contributed by atoms with Crippen LogP contribution < -0.4 is 10.6 Å². The van der Waals surface area contributed by atoms with Gasteiger partial charge in [-0.1, -0.05) is 42.5 Å². The highest BCUT2D eigenvalue weighted by Crippen LogP contribution is 2.18. The summed E-state index contributed by atoms with van der Waals surface area (Å²) >= 11 is 0. The van der Waals surface area contributed by atoms with E-state index in [0.29, 0.717) is 11.3 Å². The maximum atomic E-state index is 11.9. The number of anilines is 1. The Morgan fingerprint density at radius 1 is 1.00 bits per heavy atom. The summed E-state index contributed by atoms with van der Waals surface area (Å²) in [6.45, 7) is 1.81. The molecule has 2 aromatic carbocycles. The Bertz CT molecular complexity index is 641. The van der Waals surface area contributed by atoms with Gasteiger partial charge in [0.15, 0.2) is 6.04 Å². The second-order valence-corrected chi connectivity index (χ2v) is 4.59. The van der Waals surface area contributed by atoms with Crippen molar-refractivity contribution >= 4 is 17.7 Å². The summed E-state index contributed by atoms with van der Waals surface area (Å²) in [5.74, 6) is -1.10. The summed E-state index contributed by atoms with van der Waals surface area (Å²) in [7, 11) is 0. The average molecular weight is 284 g/mol. The summed E-state index contributed by atoms with van der Waals surface area (Å²) in [5.41, 5.74) is 1.97. The van der Waals surface area contributed by atoms with Gasteiger partial charge in [0.1, 0.15) is 0 Å². The third kappa shape index (κ3) is 3.82. The predicted octanol–water partition coefficient (Wildman–Crippen LogP) is 2.94. The number of aryl methyl sites for hydroxylation is 1. The van der Waals surface area contributed by atoms with Crippen molar-refractivity contribution in [3.8, 4) is 0 Å². The number of carbonyl (C=O) groups excluding carboxylic acids is 1. The van der Waals surface area contributed by atoms with Gasteiger partial charge in [0.05, 0.1) is 0 Å². The van der Waals surface area contributed by atoms with Gasteiger partial charge in [-0.05, 0) is 30.2 Å². The number of nitrogens with one attached hydrogen (secondary N) is 2.